The summed E-state index contributed by atoms with van der Waals surface area (Å²) < 4.78 is 2.95. The van der Waals surface area contributed by atoms with Gasteiger partial charge in [-0.05, 0) is 76.4 Å². The summed E-state index contributed by atoms with van der Waals surface area (Å²) in [5, 5.41) is 0. The molecule has 2 aliphatic rings. The molecule has 0 atom stereocenters. The average molecular weight is 543 g/mol. The van der Waals surface area contributed by atoms with Gasteiger partial charge in [0.25, 0.3) is 11.5 Å². The van der Waals surface area contributed by atoms with Crippen molar-refractivity contribution in [3.8, 4) is 11.4 Å². The predicted octanol–water partition coefficient (Wildman–Crippen LogP) is 3.14. The van der Waals surface area contributed by atoms with Crippen molar-refractivity contribution < 1.29 is 4.79 Å². The molecule has 4 aromatic heterocycles. The molecule has 1 aliphatic heterocycles. The summed E-state index contributed by atoms with van der Waals surface area (Å²) in [4.78, 5) is 60.7. The lowest BCUT2D eigenvalue weighted by Gasteiger charge is -2.25. The van der Waals surface area contributed by atoms with Crippen LogP contribution < -0.4 is 16.1 Å². The highest BCUT2D eigenvalue weighted by molar-refractivity contribution is 6.05. The highest BCUT2D eigenvalue weighted by atomic mass is 16.2. The van der Waals surface area contributed by atoms with Crippen molar-refractivity contribution in [3.05, 3.63) is 68.8 Å². The van der Waals surface area contributed by atoms with Gasteiger partial charge in [0.05, 0.1) is 5.56 Å². The van der Waals surface area contributed by atoms with Crippen molar-refractivity contribution in [2.45, 2.75) is 58.5 Å². The van der Waals surface area contributed by atoms with E-state index in [0.29, 0.717) is 47.0 Å². The summed E-state index contributed by atoms with van der Waals surface area (Å²) in [5.41, 5.74) is 2.08. The molecule has 2 fully saturated rings. The molecule has 1 aliphatic carbocycles. The van der Waals surface area contributed by atoms with Crippen LogP contribution in [0.1, 0.15) is 61.1 Å². The third-order valence-corrected chi connectivity index (χ3v) is 7.71. The molecule has 0 unspecified atom stereocenters. The minimum absolute atomic E-state index is 0.0342. The highest BCUT2D eigenvalue weighted by Crippen LogP contribution is 2.32. The number of carbonyl (C=O) groups is 1. The molecule has 1 amide bonds. The molecule has 1 N–H and O–H groups in total. The molecule has 6 rings (SSSR count). The van der Waals surface area contributed by atoms with Crippen LogP contribution in [0, 0.1) is 6.92 Å². The Labute approximate surface area is 231 Å². The Balaban J connectivity index is 1.33. The number of carbonyl (C=O) groups excluding carboxylic acids is 1. The summed E-state index contributed by atoms with van der Waals surface area (Å²) in [6, 6.07) is 7.23. The summed E-state index contributed by atoms with van der Waals surface area (Å²) >= 11 is 0. The van der Waals surface area contributed by atoms with Crippen molar-refractivity contribution in [2.75, 3.05) is 31.1 Å². The van der Waals surface area contributed by atoms with Crippen LogP contribution >= 0.6 is 0 Å². The van der Waals surface area contributed by atoms with Crippen molar-refractivity contribution >= 4 is 22.9 Å². The quantitative estimate of drug-likeness (QED) is 0.345. The van der Waals surface area contributed by atoms with E-state index in [1.807, 2.05) is 26.0 Å². The number of amides is 1. The Hall–Kier alpha value is -4.12. The Bertz CT molecular complexity index is 1640. The van der Waals surface area contributed by atoms with Gasteiger partial charge in [-0.2, -0.15) is 0 Å². The molecule has 11 nitrogen and oxygen atoms in total. The number of rotatable bonds is 9. The number of aryl methyl sites for hydroxylation is 2. The maximum atomic E-state index is 13.5. The van der Waals surface area contributed by atoms with Crippen LogP contribution in [-0.4, -0.2) is 66.1 Å². The second-order valence-electron chi connectivity index (χ2n) is 10.7. The van der Waals surface area contributed by atoms with Crippen LogP contribution in [0.15, 0.2) is 46.2 Å². The Morgan fingerprint density at radius 2 is 1.85 bits per heavy atom. The van der Waals surface area contributed by atoms with Gasteiger partial charge in [0.1, 0.15) is 17.2 Å². The van der Waals surface area contributed by atoms with E-state index >= 15 is 0 Å². The summed E-state index contributed by atoms with van der Waals surface area (Å²) in [7, 11) is 0. The lowest BCUT2D eigenvalue weighted by atomic mass is 10.2. The van der Waals surface area contributed by atoms with E-state index in [1.54, 1.807) is 34.0 Å². The number of hydrogen-bond acceptors (Lipinski definition) is 7. The van der Waals surface area contributed by atoms with Gasteiger partial charge < -0.3 is 9.88 Å². The smallest absolute Gasteiger partial charge is 0.332 e. The topological polar surface area (TPSA) is 122 Å². The van der Waals surface area contributed by atoms with Gasteiger partial charge in [0.15, 0.2) is 5.65 Å². The lowest BCUT2D eigenvalue weighted by molar-refractivity contribution is 0.0983. The number of aromatic nitrogens is 6. The molecule has 208 valence electrons. The first-order chi connectivity index (χ1) is 19.4. The third kappa shape index (κ3) is 4.97. The zero-order valence-electron chi connectivity index (χ0n) is 23.0. The van der Waals surface area contributed by atoms with Gasteiger partial charge in [-0.3, -0.25) is 28.6 Å². The van der Waals surface area contributed by atoms with Crippen LogP contribution in [0.5, 0.6) is 0 Å². The molecule has 4 aromatic rings. The summed E-state index contributed by atoms with van der Waals surface area (Å²) in [6.45, 7) is 7.71. The van der Waals surface area contributed by atoms with Crippen LogP contribution in [-0.2, 0) is 6.54 Å². The second kappa shape index (κ2) is 10.8. The fourth-order valence-corrected chi connectivity index (χ4v) is 5.36. The van der Waals surface area contributed by atoms with Crippen LogP contribution in [0.3, 0.4) is 0 Å². The van der Waals surface area contributed by atoms with E-state index in [2.05, 4.69) is 24.8 Å². The van der Waals surface area contributed by atoms with Gasteiger partial charge in [-0.25, -0.2) is 14.8 Å². The van der Waals surface area contributed by atoms with Crippen molar-refractivity contribution in [3.63, 3.8) is 0 Å². The summed E-state index contributed by atoms with van der Waals surface area (Å²) in [5.74, 6) is 0.838. The number of imidazole rings is 1. The van der Waals surface area contributed by atoms with Crippen LogP contribution in [0.2, 0.25) is 0 Å². The monoisotopic (exact) mass is 542 g/mol. The molecule has 1 saturated heterocycles. The van der Waals surface area contributed by atoms with Gasteiger partial charge in [-0.15, -0.1) is 0 Å². The second-order valence-corrected chi connectivity index (χ2v) is 10.7. The fraction of sp³-hybridized carbons (Fsp3) is 0.448. The van der Waals surface area contributed by atoms with Gasteiger partial charge in [0.2, 0.25) is 0 Å². The van der Waals surface area contributed by atoms with Crippen molar-refractivity contribution in [2.24, 2.45) is 0 Å². The number of anilines is 1. The maximum absolute atomic E-state index is 13.5. The molecule has 0 aromatic carbocycles. The number of H-pyrrole nitrogens is 1. The van der Waals surface area contributed by atoms with E-state index < -0.39 is 0 Å². The minimum Gasteiger partial charge on any atom is -0.332 e. The first kappa shape index (κ1) is 26.1. The SMILES string of the molecule is CCCn1c(=O)n(C2CC2)c(=O)c2[nH]c(-c3ccc(N(CCN4CCCC4)C(=O)c4ccc(C)nc4)nc3)nc21. The predicted molar refractivity (Wildman–Crippen MR) is 153 cm³/mol. The number of nitrogens with one attached hydrogen (secondary N) is 1. The normalized spacial score (nSPS) is 15.7. The van der Waals surface area contributed by atoms with Gasteiger partial charge in [-0.1, -0.05) is 6.92 Å². The van der Waals surface area contributed by atoms with Gasteiger partial charge in [0, 0.05) is 49.3 Å². The summed E-state index contributed by atoms with van der Waals surface area (Å²) in [6.07, 6.45) is 8.03. The number of pyridine rings is 2. The Morgan fingerprint density at radius 1 is 1.05 bits per heavy atom. The Kier molecular flexibility index (Phi) is 7.05. The first-order valence-corrected chi connectivity index (χ1v) is 14.1. The molecular weight excluding hydrogens is 508 g/mol. The third-order valence-electron chi connectivity index (χ3n) is 7.71. The number of fused-ring (bicyclic) bond motifs is 1. The lowest BCUT2D eigenvalue weighted by Crippen LogP contribution is -2.39. The molecule has 5 heterocycles. The van der Waals surface area contributed by atoms with Crippen molar-refractivity contribution in [1.82, 2.24) is 34.0 Å². The highest BCUT2D eigenvalue weighted by Gasteiger charge is 2.30. The zero-order chi connectivity index (χ0) is 27.8. The fourth-order valence-electron chi connectivity index (χ4n) is 5.36. The van der Waals surface area contributed by atoms with E-state index in [1.165, 1.54) is 17.4 Å². The standard InChI is InChI=1S/C29H34N8O3/c1-3-12-36-26-24(28(39)37(29(36)40)22-9-10-22)32-25(33-26)20-8-11-23(31-17-20)35(16-15-34-13-4-5-14-34)27(38)21-7-6-19(2)30-18-21/h6-8,11,17-18,22H,3-5,9-10,12-16H2,1-2H3,(H,32,33). The first-order valence-electron chi connectivity index (χ1n) is 14.1. The Morgan fingerprint density at radius 3 is 2.50 bits per heavy atom. The maximum Gasteiger partial charge on any atom is 0.333 e. The molecular formula is C29H34N8O3. The number of hydrogen-bond donors (Lipinski definition) is 1. The number of likely N-dealkylation sites (tertiary alicyclic amines) is 1. The molecule has 40 heavy (non-hydrogen) atoms. The van der Waals surface area contributed by atoms with E-state index in [0.717, 1.165) is 44.6 Å². The van der Waals surface area contributed by atoms with Crippen molar-refractivity contribution in [1.29, 1.82) is 0 Å². The largest absolute Gasteiger partial charge is 0.333 e. The molecule has 11 heteroatoms. The molecule has 1 saturated carbocycles. The minimum atomic E-state index is -0.330. The molecule has 0 spiro atoms. The van der Waals surface area contributed by atoms with Crippen LogP contribution in [0.4, 0.5) is 5.82 Å². The number of nitrogens with zero attached hydrogens (tertiary/aromatic N) is 7. The van der Waals surface area contributed by atoms with Crippen LogP contribution in [0.25, 0.3) is 22.6 Å². The average Bonchev–Trinajstić information content (AvgIpc) is 3.46. The van der Waals surface area contributed by atoms with E-state index in [4.69, 9.17) is 0 Å². The molecule has 0 radical (unpaired) electrons. The van der Waals surface area contributed by atoms with E-state index in [9.17, 15) is 14.4 Å². The number of aromatic amines is 1. The van der Waals surface area contributed by atoms with E-state index in [-0.39, 0.29) is 23.2 Å². The zero-order valence-corrected chi connectivity index (χ0v) is 23.0. The van der Waals surface area contributed by atoms with Gasteiger partial charge >= 0.3 is 5.69 Å². The molecule has 0 bridgehead atoms.